The van der Waals surface area contributed by atoms with Gasteiger partial charge in [0.05, 0.1) is 37.0 Å². The highest BCUT2D eigenvalue weighted by Gasteiger charge is 2.32. The number of nitrogens with one attached hydrogen (secondary N) is 1. The number of hydrazone groups is 1. The van der Waals surface area contributed by atoms with E-state index >= 15 is 0 Å². The van der Waals surface area contributed by atoms with Crippen LogP contribution in [-0.4, -0.2) is 45.1 Å². The van der Waals surface area contributed by atoms with Gasteiger partial charge in [-0.1, -0.05) is 0 Å². The summed E-state index contributed by atoms with van der Waals surface area (Å²) in [7, 11) is -1.72. The van der Waals surface area contributed by atoms with Crippen LogP contribution in [0.25, 0.3) is 0 Å². The maximum atomic E-state index is 12.0. The number of benzene rings is 1. The van der Waals surface area contributed by atoms with E-state index in [1.54, 1.807) is 18.2 Å². The third-order valence-corrected chi connectivity index (χ3v) is 5.87. The van der Waals surface area contributed by atoms with Crippen molar-refractivity contribution >= 4 is 27.9 Å². The average molecular weight is 406 g/mol. The number of ether oxygens (including phenoxy) is 2. The molecule has 1 amide bonds. The topological polar surface area (TPSA) is 124 Å². The highest BCUT2D eigenvalue weighted by atomic mass is 32.2. The number of amides is 1. The summed E-state index contributed by atoms with van der Waals surface area (Å²) in [6.45, 7) is 0. The molecule has 9 nitrogen and oxygen atoms in total. The second-order valence-electron chi connectivity index (χ2n) is 6.11. The number of rotatable bonds is 6. The Kier molecular flexibility index (Phi) is 5.78. The molecule has 0 aliphatic carbocycles. The summed E-state index contributed by atoms with van der Waals surface area (Å²) >= 11 is 0. The minimum Gasteiger partial charge on any atom is -0.493 e. The lowest BCUT2D eigenvalue weighted by Gasteiger charge is -2.09. The standard InChI is InChI=1S/C18H18N2O7S/c1-25-16-9-12(4-5-14(16)27-18(22)15-3-2-7-26-15)10-19-20-17(21)13-6-8-28(23,24)11-13/h2-5,7,9-10,13H,6,8,11H2,1H3,(H,20,21)/b19-10-/t13-/m1/s1. The highest BCUT2D eigenvalue weighted by molar-refractivity contribution is 7.91. The molecule has 0 spiro atoms. The van der Waals surface area contributed by atoms with E-state index in [-0.39, 0.29) is 28.8 Å². The lowest BCUT2D eigenvalue weighted by atomic mass is 10.1. The predicted molar refractivity (Wildman–Crippen MR) is 99.2 cm³/mol. The molecule has 1 saturated heterocycles. The predicted octanol–water partition coefficient (Wildman–Crippen LogP) is 1.39. The van der Waals surface area contributed by atoms with Gasteiger partial charge in [-0.2, -0.15) is 5.10 Å². The van der Waals surface area contributed by atoms with Crippen molar-refractivity contribution in [2.75, 3.05) is 18.6 Å². The molecule has 1 aromatic carbocycles. The van der Waals surface area contributed by atoms with Gasteiger partial charge in [0.15, 0.2) is 21.3 Å². The molecule has 0 unspecified atom stereocenters. The van der Waals surface area contributed by atoms with E-state index in [4.69, 9.17) is 13.9 Å². The number of esters is 1. The molecule has 1 aliphatic rings. The molecule has 1 N–H and O–H groups in total. The van der Waals surface area contributed by atoms with E-state index in [9.17, 15) is 18.0 Å². The van der Waals surface area contributed by atoms with E-state index < -0.39 is 27.6 Å². The van der Waals surface area contributed by atoms with Crippen LogP contribution in [0.1, 0.15) is 22.5 Å². The van der Waals surface area contributed by atoms with Gasteiger partial charge in [-0.05, 0) is 42.3 Å². The lowest BCUT2D eigenvalue weighted by Crippen LogP contribution is -2.27. The molecule has 10 heteroatoms. The van der Waals surface area contributed by atoms with Crippen molar-refractivity contribution in [1.29, 1.82) is 0 Å². The average Bonchev–Trinajstić information content (AvgIpc) is 3.32. The minimum absolute atomic E-state index is 0.0180. The van der Waals surface area contributed by atoms with Gasteiger partial charge in [-0.25, -0.2) is 18.6 Å². The van der Waals surface area contributed by atoms with Crippen LogP contribution in [0.15, 0.2) is 46.1 Å². The summed E-state index contributed by atoms with van der Waals surface area (Å²) in [6.07, 6.45) is 3.04. The van der Waals surface area contributed by atoms with Crippen LogP contribution in [-0.2, 0) is 14.6 Å². The third-order valence-electron chi connectivity index (χ3n) is 4.10. The van der Waals surface area contributed by atoms with Crippen LogP contribution >= 0.6 is 0 Å². The first-order valence-corrected chi connectivity index (χ1v) is 10.2. The molecule has 1 aromatic heterocycles. The Morgan fingerprint density at radius 3 is 2.75 bits per heavy atom. The molecule has 0 bridgehead atoms. The van der Waals surface area contributed by atoms with E-state index in [1.165, 1.54) is 31.7 Å². The summed E-state index contributed by atoms with van der Waals surface area (Å²) in [6, 6.07) is 7.76. The molecule has 1 fully saturated rings. The normalized spacial score (nSPS) is 18.1. The molecule has 1 aliphatic heterocycles. The monoisotopic (exact) mass is 406 g/mol. The largest absolute Gasteiger partial charge is 0.493 e. The van der Waals surface area contributed by atoms with E-state index in [0.717, 1.165) is 0 Å². The van der Waals surface area contributed by atoms with Crippen LogP contribution in [0.2, 0.25) is 0 Å². The van der Waals surface area contributed by atoms with Gasteiger partial charge in [0.2, 0.25) is 11.7 Å². The zero-order valence-corrected chi connectivity index (χ0v) is 15.8. The summed E-state index contributed by atoms with van der Waals surface area (Å²) in [5.41, 5.74) is 2.92. The highest BCUT2D eigenvalue weighted by Crippen LogP contribution is 2.28. The molecule has 2 aromatic rings. The number of sulfone groups is 1. The second kappa shape index (κ2) is 8.26. The maximum absolute atomic E-state index is 12.0. The lowest BCUT2D eigenvalue weighted by molar-refractivity contribution is -0.124. The second-order valence-corrected chi connectivity index (χ2v) is 8.34. The first-order chi connectivity index (χ1) is 13.4. The zero-order valence-electron chi connectivity index (χ0n) is 15.0. The molecule has 1 atom stereocenters. The number of methoxy groups -OCH3 is 1. The van der Waals surface area contributed by atoms with E-state index in [2.05, 4.69) is 10.5 Å². The SMILES string of the molecule is COc1cc(/C=N\NC(=O)[C@@H]2CCS(=O)(=O)C2)ccc1OC(=O)c1ccco1. The van der Waals surface area contributed by atoms with E-state index in [0.29, 0.717) is 12.0 Å². The van der Waals surface area contributed by atoms with Gasteiger partial charge >= 0.3 is 5.97 Å². The molecular formula is C18H18N2O7S. The van der Waals surface area contributed by atoms with E-state index in [1.807, 2.05) is 0 Å². The van der Waals surface area contributed by atoms with Crippen LogP contribution in [0, 0.1) is 5.92 Å². The van der Waals surface area contributed by atoms with Gasteiger partial charge in [-0.3, -0.25) is 4.79 Å². The Bertz CT molecular complexity index is 997. The van der Waals surface area contributed by atoms with Crippen molar-refractivity contribution in [2.24, 2.45) is 11.0 Å². The Labute approximate surface area is 161 Å². The van der Waals surface area contributed by atoms with Crippen molar-refractivity contribution in [3.63, 3.8) is 0 Å². The summed E-state index contributed by atoms with van der Waals surface area (Å²) in [5.74, 6) is -1.28. The fourth-order valence-electron chi connectivity index (χ4n) is 2.66. The Morgan fingerprint density at radius 2 is 2.11 bits per heavy atom. The first kappa shape index (κ1) is 19.6. The molecule has 0 radical (unpaired) electrons. The first-order valence-electron chi connectivity index (χ1n) is 8.35. The van der Waals surface area contributed by atoms with Crippen LogP contribution in [0.4, 0.5) is 0 Å². The van der Waals surface area contributed by atoms with Gasteiger partial charge in [0, 0.05) is 0 Å². The van der Waals surface area contributed by atoms with Crippen molar-refractivity contribution in [3.05, 3.63) is 47.9 Å². The molecule has 3 rings (SSSR count). The zero-order chi connectivity index (χ0) is 20.1. The molecule has 2 heterocycles. The summed E-state index contributed by atoms with van der Waals surface area (Å²) in [5, 5.41) is 3.84. The minimum atomic E-state index is -3.14. The maximum Gasteiger partial charge on any atom is 0.379 e. The number of hydrogen-bond acceptors (Lipinski definition) is 8. The molecular weight excluding hydrogens is 388 g/mol. The fourth-order valence-corrected chi connectivity index (χ4v) is 4.40. The Balaban J connectivity index is 1.62. The number of carbonyl (C=O) groups excluding carboxylic acids is 2. The van der Waals surface area contributed by atoms with Crippen LogP contribution in [0.5, 0.6) is 11.5 Å². The molecule has 0 saturated carbocycles. The Hall–Kier alpha value is -3.14. The van der Waals surface area contributed by atoms with Crippen LogP contribution in [0.3, 0.4) is 0 Å². The number of carbonyl (C=O) groups is 2. The smallest absolute Gasteiger partial charge is 0.379 e. The fraction of sp³-hybridized carbons (Fsp3) is 0.278. The summed E-state index contributed by atoms with van der Waals surface area (Å²) in [4.78, 5) is 23.9. The van der Waals surface area contributed by atoms with Crippen molar-refractivity contribution in [1.82, 2.24) is 5.43 Å². The van der Waals surface area contributed by atoms with Gasteiger partial charge in [0.25, 0.3) is 0 Å². The number of hydrogen-bond donors (Lipinski definition) is 1. The molecule has 148 valence electrons. The van der Waals surface area contributed by atoms with Crippen molar-refractivity contribution < 1.29 is 31.9 Å². The van der Waals surface area contributed by atoms with Gasteiger partial charge < -0.3 is 13.9 Å². The number of furan rings is 1. The van der Waals surface area contributed by atoms with Crippen molar-refractivity contribution in [2.45, 2.75) is 6.42 Å². The summed E-state index contributed by atoms with van der Waals surface area (Å²) < 4.78 is 38.3. The van der Waals surface area contributed by atoms with Gasteiger partial charge in [-0.15, -0.1) is 0 Å². The number of nitrogens with zero attached hydrogens (tertiary/aromatic N) is 1. The van der Waals surface area contributed by atoms with Gasteiger partial charge in [0.1, 0.15) is 0 Å². The van der Waals surface area contributed by atoms with Crippen molar-refractivity contribution in [3.8, 4) is 11.5 Å². The molecule has 28 heavy (non-hydrogen) atoms. The quantitative estimate of drug-likeness (QED) is 0.333. The Morgan fingerprint density at radius 1 is 1.29 bits per heavy atom. The third kappa shape index (κ3) is 4.77. The van der Waals surface area contributed by atoms with Crippen LogP contribution < -0.4 is 14.9 Å².